The molecule has 2 aromatic rings. The minimum atomic E-state index is -0.706. The van der Waals surface area contributed by atoms with E-state index in [-0.39, 0.29) is 19.1 Å². The Morgan fingerprint density at radius 3 is 2.69 bits per heavy atom. The minimum absolute atomic E-state index is 0.0554. The molecule has 0 saturated heterocycles. The number of carbonyl (C=O) groups is 3. The number of rotatable bonds is 7. The molecule has 2 heterocycles. The highest BCUT2D eigenvalue weighted by atomic mass is 16.5. The van der Waals surface area contributed by atoms with Gasteiger partial charge in [0.2, 0.25) is 5.91 Å². The Kier molecular flexibility index (Phi) is 6.11. The molecule has 32 heavy (non-hydrogen) atoms. The largest absolute Gasteiger partial charge is 0.494 e. The van der Waals surface area contributed by atoms with Crippen molar-refractivity contribution in [3.05, 3.63) is 76.5 Å². The molecule has 2 aromatic carbocycles. The van der Waals surface area contributed by atoms with Crippen molar-refractivity contribution in [1.29, 1.82) is 0 Å². The van der Waals surface area contributed by atoms with Gasteiger partial charge in [-0.2, -0.15) is 0 Å². The van der Waals surface area contributed by atoms with Crippen LogP contribution in [0.1, 0.15) is 29.7 Å². The Labute approximate surface area is 186 Å². The van der Waals surface area contributed by atoms with E-state index in [1.54, 1.807) is 12.1 Å². The van der Waals surface area contributed by atoms with Crippen molar-refractivity contribution in [3.63, 3.8) is 0 Å². The molecule has 2 aliphatic rings. The van der Waals surface area contributed by atoms with Gasteiger partial charge in [0.15, 0.2) is 0 Å². The van der Waals surface area contributed by atoms with Gasteiger partial charge in [0.1, 0.15) is 18.9 Å². The van der Waals surface area contributed by atoms with Crippen LogP contribution in [-0.2, 0) is 20.9 Å². The van der Waals surface area contributed by atoms with E-state index in [9.17, 15) is 14.4 Å². The number of cyclic esters (lactones) is 1. The van der Waals surface area contributed by atoms with E-state index in [1.807, 2.05) is 50.2 Å². The number of nitrogens with zero attached hydrogens (tertiary/aromatic N) is 1. The predicted octanol–water partition coefficient (Wildman–Crippen LogP) is 2.59. The van der Waals surface area contributed by atoms with Gasteiger partial charge in [0.25, 0.3) is 0 Å². The SMILES string of the molecule is CCOc1ccccc1[C@H]1NC(=O)N(CC(=O)NCc2ccc(C)cc2)C2=C1C(=O)OC2. The molecule has 0 fully saturated rings. The van der Waals surface area contributed by atoms with E-state index < -0.39 is 18.0 Å². The Morgan fingerprint density at radius 1 is 1.19 bits per heavy atom. The van der Waals surface area contributed by atoms with Crippen LogP contribution < -0.4 is 15.4 Å². The molecule has 0 saturated carbocycles. The fourth-order valence-corrected chi connectivity index (χ4v) is 3.82. The highest BCUT2D eigenvalue weighted by Gasteiger charge is 2.43. The maximum atomic E-state index is 12.9. The number of amides is 3. The first-order valence-corrected chi connectivity index (χ1v) is 10.5. The zero-order valence-corrected chi connectivity index (χ0v) is 18.0. The first kappa shape index (κ1) is 21.4. The van der Waals surface area contributed by atoms with Crippen LogP contribution in [0.4, 0.5) is 4.79 Å². The number of hydrogen-bond donors (Lipinski definition) is 2. The van der Waals surface area contributed by atoms with Crippen LogP contribution in [0.3, 0.4) is 0 Å². The molecule has 1 atom stereocenters. The number of ether oxygens (including phenoxy) is 2. The molecule has 8 nitrogen and oxygen atoms in total. The van der Waals surface area contributed by atoms with Crippen LogP contribution in [0.5, 0.6) is 5.75 Å². The van der Waals surface area contributed by atoms with Crippen LogP contribution >= 0.6 is 0 Å². The van der Waals surface area contributed by atoms with Gasteiger partial charge in [-0.3, -0.25) is 9.69 Å². The van der Waals surface area contributed by atoms with Crippen LogP contribution in [0.15, 0.2) is 59.8 Å². The number of benzene rings is 2. The van der Waals surface area contributed by atoms with Crippen LogP contribution in [-0.4, -0.2) is 42.6 Å². The minimum Gasteiger partial charge on any atom is -0.494 e. The molecule has 3 amide bonds. The third-order valence-electron chi connectivity index (χ3n) is 5.44. The number of esters is 1. The number of nitrogens with one attached hydrogen (secondary N) is 2. The zero-order valence-electron chi connectivity index (χ0n) is 18.0. The molecule has 4 rings (SSSR count). The van der Waals surface area contributed by atoms with Crippen LogP contribution in [0, 0.1) is 6.92 Å². The molecule has 8 heteroatoms. The average Bonchev–Trinajstić information content (AvgIpc) is 3.17. The quantitative estimate of drug-likeness (QED) is 0.652. The molecule has 2 aliphatic heterocycles. The molecular formula is C24H25N3O5. The Morgan fingerprint density at radius 2 is 1.94 bits per heavy atom. The molecule has 0 unspecified atom stereocenters. The van der Waals surface area contributed by atoms with Crippen molar-refractivity contribution in [2.75, 3.05) is 19.8 Å². The summed E-state index contributed by atoms with van der Waals surface area (Å²) in [6.45, 7) is 4.38. The van der Waals surface area contributed by atoms with Gasteiger partial charge in [0, 0.05) is 12.1 Å². The topological polar surface area (TPSA) is 97.0 Å². The van der Waals surface area contributed by atoms with Crippen LogP contribution in [0.25, 0.3) is 0 Å². The van der Waals surface area contributed by atoms with Gasteiger partial charge < -0.3 is 20.1 Å². The first-order valence-electron chi connectivity index (χ1n) is 10.5. The van der Waals surface area contributed by atoms with Gasteiger partial charge >= 0.3 is 12.0 Å². The van der Waals surface area contributed by atoms with Crippen molar-refractivity contribution < 1.29 is 23.9 Å². The summed E-state index contributed by atoms with van der Waals surface area (Å²) in [5.74, 6) is -0.266. The molecule has 0 aliphatic carbocycles. The fraction of sp³-hybridized carbons (Fsp3) is 0.292. The summed E-state index contributed by atoms with van der Waals surface area (Å²) in [7, 11) is 0. The smallest absolute Gasteiger partial charge is 0.338 e. The lowest BCUT2D eigenvalue weighted by Crippen LogP contribution is -2.50. The monoisotopic (exact) mass is 435 g/mol. The second-order valence-corrected chi connectivity index (χ2v) is 7.64. The van der Waals surface area contributed by atoms with Gasteiger partial charge in [-0.15, -0.1) is 0 Å². The Balaban J connectivity index is 1.54. The summed E-state index contributed by atoms with van der Waals surface area (Å²) >= 11 is 0. The van der Waals surface area contributed by atoms with Crippen molar-refractivity contribution in [2.45, 2.75) is 26.4 Å². The van der Waals surface area contributed by atoms with Crippen molar-refractivity contribution in [3.8, 4) is 5.75 Å². The van der Waals surface area contributed by atoms with Gasteiger partial charge in [-0.25, -0.2) is 9.59 Å². The summed E-state index contributed by atoms with van der Waals surface area (Å²) in [6.07, 6.45) is 0. The summed E-state index contributed by atoms with van der Waals surface area (Å²) in [5, 5.41) is 5.65. The predicted molar refractivity (Wildman–Crippen MR) is 117 cm³/mol. The van der Waals surface area contributed by atoms with E-state index in [0.717, 1.165) is 11.1 Å². The van der Waals surface area contributed by atoms with Gasteiger partial charge in [0.05, 0.1) is 23.9 Å². The van der Waals surface area contributed by atoms with Crippen molar-refractivity contribution in [2.24, 2.45) is 0 Å². The molecule has 0 spiro atoms. The standard InChI is InChI=1S/C24H25N3O5/c1-3-31-19-7-5-4-6-17(19)22-21-18(14-32-23(21)29)27(24(30)26-22)13-20(28)25-12-16-10-8-15(2)9-11-16/h4-11,22H,3,12-14H2,1-2H3,(H,25,28)(H,26,30)/t22-/m1/s1. The van der Waals surface area contributed by atoms with E-state index in [0.29, 0.717) is 35.7 Å². The average molecular weight is 435 g/mol. The van der Waals surface area contributed by atoms with E-state index in [1.165, 1.54) is 4.90 Å². The first-order chi connectivity index (χ1) is 15.5. The number of aryl methyl sites for hydroxylation is 1. The number of hydrogen-bond acceptors (Lipinski definition) is 5. The Bertz CT molecular complexity index is 1080. The molecule has 166 valence electrons. The molecule has 0 bridgehead atoms. The van der Waals surface area contributed by atoms with Crippen LogP contribution in [0.2, 0.25) is 0 Å². The second-order valence-electron chi connectivity index (χ2n) is 7.64. The fourth-order valence-electron chi connectivity index (χ4n) is 3.82. The molecule has 2 N–H and O–H groups in total. The maximum absolute atomic E-state index is 12.9. The Hall–Kier alpha value is -3.81. The van der Waals surface area contributed by atoms with Gasteiger partial charge in [-0.1, -0.05) is 48.0 Å². The third-order valence-corrected chi connectivity index (χ3v) is 5.44. The molecule has 0 radical (unpaired) electrons. The third kappa shape index (κ3) is 4.30. The van der Waals surface area contributed by atoms with E-state index in [2.05, 4.69) is 10.6 Å². The summed E-state index contributed by atoms with van der Waals surface area (Å²) in [5.41, 5.74) is 3.48. The lowest BCUT2D eigenvalue weighted by atomic mass is 9.95. The highest BCUT2D eigenvalue weighted by molar-refractivity contribution is 5.98. The number of urea groups is 1. The number of para-hydroxylation sites is 1. The van der Waals surface area contributed by atoms with Gasteiger partial charge in [-0.05, 0) is 25.5 Å². The molecule has 0 aromatic heterocycles. The van der Waals surface area contributed by atoms with E-state index >= 15 is 0 Å². The lowest BCUT2D eigenvalue weighted by molar-refractivity contribution is -0.136. The van der Waals surface area contributed by atoms with Crippen molar-refractivity contribution in [1.82, 2.24) is 15.5 Å². The lowest BCUT2D eigenvalue weighted by Gasteiger charge is -2.33. The highest BCUT2D eigenvalue weighted by Crippen LogP contribution is 2.38. The summed E-state index contributed by atoms with van der Waals surface area (Å²) < 4.78 is 10.9. The summed E-state index contributed by atoms with van der Waals surface area (Å²) in [6, 6.07) is 13.9. The number of carbonyl (C=O) groups excluding carboxylic acids is 3. The second kappa shape index (κ2) is 9.13. The summed E-state index contributed by atoms with van der Waals surface area (Å²) in [4.78, 5) is 39.3. The molecular weight excluding hydrogens is 410 g/mol. The maximum Gasteiger partial charge on any atom is 0.338 e. The van der Waals surface area contributed by atoms with Crippen molar-refractivity contribution >= 4 is 17.9 Å². The zero-order chi connectivity index (χ0) is 22.7. The van der Waals surface area contributed by atoms with E-state index in [4.69, 9.17) is 9.47 Å². The normalized spacial score (nSPS) is 17.6.